The molecule has 1 aromatic carbocycles. The lowest BCUT2D eigenvalue weighted by atomic mass is 9.99. The summed E-state index contributed by atoms with van der Waals surface area (Å²) in [6.07, 6.45) is 2.86. The van der Waals surface area contributed by atoms with Crippen molar-refractivity contribution in [2.24, 2.45) is 5.92 Å². The van der Waals surface area contributed by atoms with E-state index in [0.29, 0.717) is 31.9 Å². The summed E-state index contributed by atoms with van der Waals surface area (Å²) in [5.74, 6) is -0.986. The number of carbonyl (C=O) groups excluding carboxylic acids is 1. The molecule has 6 nitrogen and oxygen atoms in total. The van der Waals surface area contributed by atoms with Crippen LogP contribution >= 0.6 is 0 Å². The number of carboxylic acids is 1. The summed E-state index contributed by atoms with van der Waals surface area (Å²) < 4.78 is 18.2. The first-order chi connectivity index (χ1) is 11.6. The molecule has 7 heteroatoms. The van der Waals surface area contributed by atoms with Gasteiger partial charge in [0, 0.05) is 19.6 Å². The average Bonchev–Trinajstić information content (AvgIpc) is 2.59. The number of aliphatic carboxylic acids is 1. The zero-order valence-electron chi connectivity index (χ0n) is 13.5. The number of hydrogen-bond acceptors (Lipinski definition) is 3. The number of rotatable bonds is 7. The van der Waals surface area contributed by atoms with E-state index in [2.05, 4.69) is 5.32 Å². The Morgan fingerprint density at radius 1 is 1.29 bits per heavy atom. The van der Waals surface area contributed by atoms with Gasteiger partial charge in [0.2, 0.25) is 0 Å². The van der Waals surface area contributed by atoms with Gasteiger partial charge in [0.15, 0.2) is 0 Å². The monoisotopic (exact) mass is 338 g/mol. The lowest BCUT2D eigenvalue weighted by molar-refractivity contribution is -0.143. The fraction of sp³-hybridized carbons (Fsp3) is 0.529. The highest BCUT2D eigenvalue weighted by Crippen LogP contribution is 2.16. The van der Waals surface area contributed by atoms with Gasteiger partial charge in [-0.15, -0.1) is 0 Å². The van der Waals surface area contributed by atoms with Gasteiger partial charge in [-0.3, -0.25) is 4.79 Å². The molecule has 1 aliphatic heterocycles. The summed E-state index contributed by atoms with van der Waals surface area (Å²) in [6.45, 7) is 1.88. The summed E-state index contributed by atoms with van der Waals surface area (Å²) >= 11 is 0. The summed E-state index contributed by atoms with van der Waals surface area (Å²) in [5, 5.41) is 11.8. The molecule has 2 rings (SSSR count). The molecule has 0 saturated carbocycles. The zero-order valence-corrected chi connectivity index (χ0v) is 13.5. The zero-order chi connectivity index (χ0) is 17.4. The SMILES string of the molecule is O=C(O)C1CCCN(C(=O)NCCCCOc2ccc(F)cc2)C1. The molecule has 1 atom stereocenters. The molecule has 1 aromatic rings. The molecule has 0 aliphatic carbocycles. The largest absolute Gasteiger partial charge is 0.494 e. The van der Waals surface area contributed by atoms with Gasteiger partial charge in [0.25, 0.3) is 0 Å². The van der Waals surface area contributed by atoms with Gasteiger partial charge in [0.05, 0.1) is 12.5 Å². The number of halogens is 1. The van der Waals surface area contributed by atoms with E-state index in [0.717, 1.165) is 19.3 Å². The quantitative estimate of drug-likeness (QED) is 0.749. The smallest absolute Gasteiger partial charge is 0.317 e. The van der Waals surface area contributed by atoms with E-state index >= 15 is 0 Å². The standard InChI is InChI=1S/C17H23FN2O4/c18-14-5-7-15(8-6-14)24-11-2-1-9-19-17(23)20-10-3-4-13(12-20)16(21)22/h5-8,13H,1-4,9-12H2,(H,19,23)(H,21,22). The number of benzene rings is 1. The predicted molar refractivity (Wildman–Crippen MR) is 86.5 cm³/mol. The van der Waals surface area contributed by atoms with Crippen molar-refractivity contribution in [1.82, 2.24) is 10.2 Å². The number of carboxylic acid groups (broad SMARTS) is 1. The van der Waals surface area contributed by atoms with Crippen molar-refractivity contribution in [2.45, 2.75) is 25.7 Å². The number of carbonyl (C=O) groups is 2. The van der Waals surface area contributed by atoms with Crippen LogP contribution in [-0.4, -0.2) is 48.2 Å². The number of urea groups is 1. The minimum absolute atomic E-state index is 0.208. The Kier molecular flexibility index (Phi) is 6.84. The van der Waals surface area contributed by atoms with E-state index in [-0.39, 0.29) is 18.4 Å². The van der Waals surface area contributed by atoms with Crippen LogP contribution in [0.3, 0.4) is 0 Å². The topological polar surface area (TPSA) is 78.9 Å². The maximum Gasteiger partial charge on any atom is 0.317 e. The predicted octanol–water partition coefficient (Wildman–Crippen LogP) is 2.49. The molecule has 132 valence electrons. The Hall–Kier alpha value is -2.31. The van der Waals surface area contributed by atoms with Gasteiger partial charge in [0.1, 0.15) is 11.6 Å². The maximum atomic E-state index is 12.7. The van der Waals surface area contributed by atoms with Crippen LogP contribution in [0.5, 0.6) is 5.75 Å². The van der Waals surface area contributed by atoms with Crippen molar-refractivity contribution in [3.63, 3.8) is 0 Å². The number of amides is 2. The molecule has 0 bridgehead atoms. The van der Waals surface area contributed by atoms with Crippen molar-refractivity contribution in [3.05, 3.63) is 30.1 Å². The van der Waals surface area contributed by atoms with Crippen LogP contribution in [0.15, 0.2) is 24.3 Å². The van der Waals surface area contributed by atoms with E-state index in [1.54, 1.807) is 17.0 Å². The number of likely N-dealkylation sites (tertiary alicyclic amines) is 1. The third kappa shape index (κ3) is 5.72. The van der Waals surface area contributed by atoms with Crippen LogP contribution in [0.4, 0.5) is 9.18 Å². The van der Waals surface area contributed by atoms with Crippen molar-refractivity contribution < 1.29 is 23.8 Å². The normalized spacial score (nSPS) is 17.4. The van der Waals surface area contributed by atoms with Crippen molar-refractivity contribution in [3.8, 4) is 5.75 Å². The number of hydrogen-bond donors (Lipinski definition) is 2. The first-order valence-electron chi connectivity index (χ1n) is 8.20. The molecule has 0 radical (unpaired) electrons. The molecule has 24 heavy (non-hydrogen) atoms. The van der Waals surface area contributed by atoms with Crippen LogP contribution in [0.1, 0.15) is 25.7 Å². The van der Waals surface area contributed by atoms with E-state index in [1.807, 2.05) is 0 Å². The van der Waals surface area contributed by atoms with Crippen LogP contribution in [0, 0.1) is 11.7 Å². The molecule has 0 aromatic heterocycles. The Bertz CT molecular complexity index is 550. The Labute approximate surface area is 140 Å². The first-order valence-corrected chi connectivity index (χ1v) is 8.20. The van der Waals surface area contributed by atoms with E-state index in [1.165, 1.54) is 12.1 Å². The van der Waals surface area contributed by atoms with Crippen LogP contribution < -0.4 is 10.1 Å². The van der Waals surface area contributed by atoms with E-state index in [9.17, 15) is 14.0 Å². The maximum absolute atomic E-state index is 12.7. The van der Waals surface area contributed by atoms with Crippen molar-refractivity contribution in [1.29, 1.82) is 0 Å². The third-order valence-electron chi connectivity index (χ3n) is 3.99. The fourth-order valence-corrected chi connectivity index (χ4v) is 2.62. The Morgan fingerprint density at radius 3 is 2.75 bits per heavy atom. The van der Waals surface area contributed by atoms with Crippen molar-refractivity contribution in [2.75, 3.05) is 26.2 Å². The molecule has 2 N–H and O–H groups in total. The second-order valence-electron chi connectivity index (χ2n) is 5.86. The summed E-state index contributed by atoms with van der Waals surface area (Å²) in [5.41, 5.74) is 0. The minimum Gasteiger partial charge on any atom is -0.494 e. The van der Waals surface area contributed by atoms with Crippen LogP contribution in [0.2, 0.25) is 0 Å². The Balaban J connectivity index is 1.57. The average molecular weight is 338 g/mol. The van der Waals surface area contributed by atoms with Crippen LogP contribution in [0.25, 0.3) is 0 Å². The molecular weight excluding hydrogens is 315 g/mol. The van der Waals surface area contributed by atoms with Gasteiger partial charge in [-0.25, -0.2) is 9.18 Å². The molecule has 0 spiro atoms. The molecule has 1 heterocycles. The number of nitrogens with one attached hydrogen (secondary N) is 1. The van der Waals surface area contributed by atoms with Gasteiger partial charge >= 0.3 is 12.0 Å². The highest BCUT2D eigenvalue weighted by molar-refractivity contribution is 5.76. The van der Waals surface area contributed by atoms with Gasteiger partial charge in [-0.05, 0) is 49.9 Å². The Morgan fingerprint density at radius 2 is 2.04 bits per heavy atom. The highest BCUT2D eigenvalue weighted by atomic mass is 19.1. The second kappa shape index (κ2) is 9.10. The van der Waals surface area contributed by atoms with Gasteiger partial charge < -0.3 is 20.1 Å². The van der Waals surface area contributed by atoms with Crippen molar-refractivity contribution >= 4 is 12.0 Å². The fourth-order valence-electron chi connectivity index (χ4n) is 2.62. The van der Waals surface area contributed by atoms with Gasteiger partial charge in [-0.1, -0.05) is 0 Å². The second-order valence-corrected chi connectivity index (χ2v) is 5.86. The lowest BCUT2D eigenvalue weighted by Crippen LogP contribution is -2.47. The minimum atomic E-state index is -0.842. The van der Waals surface area contributed by atoms with Crippen LogP contribution in [-0.2, 0) is 4.79 Å². The molecule has 2 amide bonds. The number of ether oxygens (including phenoxy) is 1. The highest BCUT2D eigenvalue weighted by Gasteiger charge is 2.27. The van der Waals surface area contributed by atoms with Gasteiger partial charge in [-0.2, -0.15) is 0 Å². The molecular formula is C17H23FN2O4. The molecule has 1 unspecified atom stereocenters. The number of piperidine rings is 1. The molecule has 1 fully saturated rings. The molecule has 1 aliphatic rings. The van der Waals surface area contributed by atoms with E-state index < -0.39 is 11.9 Å². The van der Waals surface area contributed by atoms with E-state index in [4.69, 9.17) is 9.84 Å². The summed E-state index contributed by atoms with van der Waals surface area (Å²) in [7, 11) is 0. The lowest BCUT2D eigenvalue weighted by Gasteiger charge is -2.30. The number of nitrogens with zero attached hydrogens (tertiary/aromatic N) is 1. The summed E-state index contributed by atoms with van der Waals surface area (Å²) in [6, 6.07) is 5.64. The first kappa shape index (κ1) is 18.0. The number of unbranched alkanes of at least 4 members (excludes halogenated alkanes) is 1. The summed E-state index contributed by atoms with van der Waals surface area (Å²) in [4.78, 5) is 24.6. The third-order valence-corrected chi connectivity index (χ3v) is 3.99. The molecule has 1 saturated heterocycles.